The number of aromatic nitrogens is 3. The number of nitrogens with one attached hydrogen (secondary N) is 2. The number of carbonyl (C=O) groups excluding carboxylic acids is 2. The number of carbonyl (C=O) groups is 2. The van der Waals surface area contributed by atoms with E-state index in [9.17, 15) is 9.59 Å². The van der Waals surface area contributed by atoms with Gasteiger partial charge in [0.2, 0.25) is 5.91 Å². The van der Waals surface area contributed by atoms with Crippen LogP contribution in [0.15, 0.2) is 30.6 Å². The van der Waals surface area contributed by atoms with Crippen molar-refractivity contribution in [2.75, 3.05) is 18.4 Å². The third-order valence-corrected chi connectivity index (χ3v) is 5.50. The fourth-order valence-corrected chi connectivity index (χ4v) is 4.00. The number of rotatable bonds is 2. The van der Waals surface area contributed by atoms with E-state index in [1.165, 1.54) is 6.33 Å². The minimum atomic E-state index is -0.511. The Morgan fingerprint density at radius 3 is 2.73 bits per heavy atom. The van der Waals surface area contributed by atoms with E-state index in [0.29, 0.717) is 31.8 Å². The van der Waals surface area contributed by atoms with Gasteiger partial charge in [0.15, 0.2) is 0 Å². The lowest BCUT2D eigenvalue weighted by Gasteiger charge is -2.38. The first-order chi connectivity index (χ1) is 12.5. The summed E-state index contributed by atoms with van der Waals surface area (Å²) in [5, 5.41) is 9.98. The van der Waals surface area contributed by atoms with Gasteiger partial charge < -0.3 is 15.5 Å². The van der Waals surface area contributed by atoms with Crippen LogP contribution in [0.1, 0.15) is 37.2 Å². The number of piperidine rings is 1. The van der Waals surface area contributed by atoms with Gasteiger partial charge in [-0.1, -0.05) is 18.2 Å². The fraction of sp³-hybridized carbons (Fsp3) is 0.444. The average Bonchev–Trinajstić information content (AvgIpc) is 3.18. The van der Waals surface area contributed by atoms with E-state index in [4.69, 9.17) is 0 Å². The molecular formula is C18H22N6O2. The zero-order valence-electron chi connectivity index (χ0n) is 14.9. The number of anilines is 1. The van der Waals surface area contributed by atoms with E-state index in [0.717, 1.165) is 11.3 Å². The third kappa shape index (κ3) is 2.53. The molecule has 8 nitrogen and oxygen atoms in total. The lowest BCUT2D eigenvalue weighted by molar-refractivity contribution is -0.122. The highest BCUT2D eigenvalue weighted by Crippen LogP contribution is 2.44. The van der Waals surface area contributed by atoms with Crippen molar-refractivity contribution < 1.29 is 9.59 Å². The summed E-state index contributed by atoms with van der Waals surface area (Å²) in [6.07, 6.45) is 2.72. The second-order valence-corrected chi connectivity index (χ2v) is 6.98. The molecule has 1 atom stereocenters. The Morgan fingerprint density at radius 2 is 2.04 bits per heavy atom. The predicted molar refractivity (Wildman–Crippen MR) is 95.5 cm³/mol. The van der Waals surface area contributed by atoms with Crippen LogP contribution in [0.2, 0.25) is 0 Å². The SMILES string of the molecule is CC(NC(=O)N1CCC2(CC1)C(=O)Nc1ccccc12)c1ncnn1C. The first kappa shape index (κ1) is 16.6. The van der Waals surface area contributed by atoms with Crippen LogP contribution >= 0.6 is 0 Å². The molecule has 1 spiro atoms. The quantitative estimate of drug-likeness (QED) is 0.856. The van der Waals surface area contributed by atoms with E-state index in [2.05, 4.69) is 20.7 Å². The summed E-state index contributed by atoms with van der Waals surface area (Å²) in [6, 6.07) is 7.46. The number of benzene rings is 1. The van der Waals surface area contributed by atoms with Gasteiger partial charge in [0, 0.05) is 25.8 Å². The fourth-order valence-electron chi connectivity index (χ4n) is 4.00. The molecule has 26 heavy (non-hydrogen) atoms. The summed E-state index contributed by atoms with van der Waals surface area (Å²) >= 11 is 0. The topological polar surface area (TPSA) is 92.2 Å². The maximum Gasteiger partial charge on any atom is 0.317 e. The van der Waals surface area contributed by atoms with Gasteiger partial charge in [-0.2, -0.15) is 5.10 Å². The molecule has 1 unspecified atom stereocenters. The predicted octanol–water partition coefficient (Wildman–Crippen LogP) is 1.57. The zero-order chi connectivity index (χ0) is 18.3. The number of likely N-dealkylation sites (tertiary alicyclic amines) is 1. The minimum Gasteiger partial charge on any atom is -0.328 e. The molecule has 1 saturated heterocycles. The molecule has 0 aliphatic carbocycles. The number of urea groups is 1. The molecule has 1 fully saturated rings. The number of amides is 3. The Labute approximate surface area is 151 Å². The van der Waals surface area contributed by atoms with E-state index in [1.54, 1.807) is 16.6 Å². The Kier molecular flexibility index (Phi) is 3.90. The van der Waals surface area contributed by atoms with E-state index >= 15 is 0 Å². The molecule has 2 aliphatic heterocycles. The molecule has 4 rings (SSSR count). The number of aryl methyl sites for hydroxylation is 1. The normalized spacial score (nSPS) is 19.2. The molecular weight excluding hydrogens is 332 g/mol. The highest BCUT2D eigenvalue weighted by molar-refractivity contribution is 6.06. The van der Waals surface area contributed by atoms with Crippen molar-refractivity contribution in [1.82, 2.24) is 25.0 Å². The molecule has 1 aromatic heterocycles. The average molecular weight is 354 g/mol. The Bertz CT molecular complexity index is 853. The van der Waals surface area contributed by atoms with Gasteiger partial charge in [-0.05, 0) is 31.4 Å². The van der Waals surface area contributed by atoms with Crippen LogP contribution in [0.25, 0.3) is 0 Å². The zero-order valence-corrected chi connectivity index (χ0v) is 14.9. The molecule has 2 aliphatic rings. The number of para-hydroxylation sites is 1. The molecule has 136 valence electrons. The molecule has 2 aromatic rings. The molecule has 3 amide bonds. The summed E-state index contributed by atoms with van der Waals surface area (Å²) in [5.41, 5.74) is 1.44. The van der Waals surface area contributed by atoms with Crippen LogP contribution in [0.3, 0.4) is 0 Å². The number of nitrogens with zero attached hydrogens (tertiary/aromatic N) is 4. The molecule has 2 N–H and O–H groups in total. The van der Waals surface area contributed by atoms with Crippen molar-refractivity contribution in [3.8, 4) is 0 Å². The van der Waals surface area contributed by atoms with Crippen LogP contribution < -0.4 is 10.6 Å². The van der Waals surface area contributed by atoms with Gasteiger partial charge in [0.25, 0.3) is 0 Å². The maximum atomic E-state index is 12.6. The van der Waals surface area contributed by atoms with E-state index in [1.807, 2.05) is 31.2 Å². The van der Waals surface area contributed by atoms with Crippen molar-refractivity contribution >= 4 is 17.6 Å². The molecule has 0 saturated carbocycles. The van der Waals surface area contributed by atoms with Crippen molar-refractivity contribution in [3.05, 3.63) is 42.0 Å². The first-order valence-corrected chi connectivity index (χ1v) is 8.81. The molecule has 1 aromatic carbocycles. The molecule has 8 heteroatoms. The van der Waals surface area contributed by atoms with Crippen LogP contribution in [-0.2, 0) is 17.3 Å². The lowest BCUT2D eigenvalue weighted by Crippen LogP contribution is -2.51. The van der Waals surface area contributed by atoms with E-state index in [-0.39, 0.29) is 18.0 Å². The Balaban J connectivity index is 1.43. The molecule has 3 heterocycles. The van der Waals surface area contributed by atoms with Gasteiger partial charge in [0.05, 0.1) is 11.5 Å². The van der Waals surface area contributed by atoms with Crippen molar-refractivity contribution in [2.45, 2.75) is 31.2 Å². The van der Waals surface area contributed by atoms with Crippen LogP contribution in [0, 0.1) is 0 Å². The minimum absolute atomic E-state index is 0.0474. The maximum absolute atomic E-state index is 12.6. The summed E-state index contributed by atoms with van der Waals surface area (Å²) in [5.74, 6) is 0.752. The number of hydrogen-bond donors (Lipinski definition) is 2. The van der Waals surface area contributed by atoms with Gasteiger partial charge in [-0.15, -0.1) is 0 Å². The summed E-state index contributed by atoms with van der Waals surface area (Å²) in [6.45, 7) is 2.96. The Hall–Kier alpha value is -2.90. The monoisotopic (exact) mass is 354 g/mol. The van der Waals surface area contributed by atoms with Gasteiger partial charge in [-0.3, -0.25) is 9.48 Å². The number of fused-ring (bicyclic) bond motifs is 2. The Morgan fingerprint density at radius 1 is 1.31 bits per heavy atom. The summed E-state index contributed by atoms with van der Waals surface area (Å²) in [7, 11) is 1.80. The van der Waals surface area contributed by atoms with Crippen LogP contribution in [-0.4, -0.2) is 44.7 Å². The standard InChI is InChI=1S/C18H22N6O2/c1-12(15-19-11-20-23(15)2)21-17(26)24-9-7-18(8-10-24)13-5-3-4-6-14(13)22-16(18)25/h3-6,11-12H,7-10H2,1-2H3,(H,21,26)(H,22,25). The second-order valence-electron chi connectivity index (χ2n) is 6.98. The molecule has 0 bridgehead atoms. The van der Waals surface area contributed by atoms with Crippen LogP contribution in [0.5, 0.6) is 0 Å². The van der Waals surface area contributed by atoms with Gasteiger partial charge in [0.1, 0.15) is 12.2 Å². The largest absolute Gasteiger partial charge is 0.328 e. The third-order valence-electron chi connectivity index (χ3n) is 5.50. The van der Waals surface area contributed by atoms with Crippen molar-refractivity contribution in [1.29, 1.82) is 0 Å². The van der Waals surface area contributed by atoms with Gasteiger partial charge >= 0.3 is 6.03 Å². The summed E-state index contributed by atoms with van der Waals surface area (Å²) < 4.78 is 1.65. The smallest absolute Gasteiger partial charge is 0.317 e. The van der Waals surface area contributed by atoms with E-state index < -0.39 is 5.41 Å². The second kappa shape index (κ2) is 6.12. The van der Waals surface area contributed by atoms with Crippen molar-refractivity contribution in [3.63, 3.8) is 0 Å². The van der Waals surface area contributed by atoms with Crippen molar-refractivity contribution in [2.24, 2.45) is 7.05 Å². The summed E-state index contributed by atoms with van der Waals surface area (Å²) in [4.78, 5) is 31.2. The van der Waals surface area contributed by atoms with Crippen LogP contribution in [0.4, 0.5) is 10.5 Å². The highest BCUT2D eigenvalue weighted by Gasteiger charge is 2.48. The first-order valence-electron chi connectivity index (χ1n) is 8.81. The highest BCUT2D eigenvalue weighted by atomic mass is 16.2. The van der Waals surface area contributed by atoms with Gasteiger partial charge in [-0.25, -0.2) is 9.78 Å². The lowest BCUT2D eigenvalue weighted by atomic mass is 9.74. The number of hydrogen-bond acceptors (Lipinski definition) is 4. The molecule has 0 radical (unpaired) electrons.